The number of carbonyl (C=O) groups excluding carboxylic acids is 1. The number of benzene rings is 1. The molecule has 0 amide bonds. The number of hydrogen-bond acceptors (Lipinski definition) is 5. The van der Waals surface area contributed by atoms with Crippen molar-refractivity contribution in [3.05, 3.63) is 47.7 Å². The first-order chi connectivity index (χ1) is 12.1. The van der Waals surface area contributed by atoms with Crippen LogP contribution in [0.15, 0.2) is 40.8 Å². The highest BCUT2D eigenvalue weighted by Gasteiger charge is 2.25. The number of piperidine rings is 1. The molecule has 2 aromatic rings. The fraction of sp³-hybridized carbons (Fsp3) is 0.368. The molecule has 0 bridgehead atoms. The molecule has 1 saturated heterocycles. The van der Waals surface area contributed by atoms with Crippen molar-refractivity contribution >= 4 is 11.9 Å². The molecule has 2 heterocycles. The van der Waals surface area contributed by atoms with E-state index in [1.165, 1.54) is 7.11 Å². The summed E-state index contributed by atoms with van der Waals surface area (Å²) in [6.45, 7) is 2.04. The van der Waals surface area contributed by atoms with Crippen LogP contribution >= 0.6 is 0 Å². The molecule has 1 fully saturated rings. The van der Waals surface area contributed by atoms with Gasteiger partial charge in [0.15, 0.2) is 0 Å². The highest BCUT2D eigenvalue weighted by atomic mass is 16.5. The third-order valence-corrected chi connectivity index (χ3v) is 4.49. The number of esters is 1. The standard InChI is InChI=1S/C19H21NO5/c1-24-19(23)14-6-4-13(5-7-14)17-9-8-16(25-17)12-20-10-2-3-15(11-20)18(21)22/h4-9,15H,2-3,10-12H2,1H3,(H,21,22). The molecule has 1 unspecified atom stereocenters. The highest BCUT2D eigenvalue weighted by Crippen LogP contribution is 2.25. The van der Waals surface area contributed by atoms with Crippen molar-refractivity contribution in [1.82, 2.24) is 4.90 Å². The van der Waals surface area contributed by atoms with Crippen molar-refractivity contribution in [2.75, 3.05) is 20.2 Å². The van der Waals surface area contributed by atoms with Crippen LogP contribution in [-0.4, -0.2) is 42.1 Å². The minimum atomic E-state index is -0.726. The van der Waals surface area contributed by atoms with Crippen LogP contribution in [0.5, 0.6) is 0 Å². The van der Waals surface area contributed by atoms with Gasteiger partial charge in [-0.05, 0) is 43.7 Å². The van der Waals surface area contributed by atoms with Gasteiger partial charge in [-0.1, -0.05) is 12.1 Å². The summed E-state index contributed by atoms with van der Waals surface area (Å²) in [6, 6.07) is 10.8. The average molecular weight is 343 g/mol. The summed E-state index contributed by atoms with van der Waals surface area (Å²) < 4.78 is 10.6. The molecule has 6 nitrogen and oxygen atoms in total. The van der Waals surface area contributed by atoms with Crippen molar-refractivity contribution in [3.63, 3.8) is 0 Å². The zero-order valence-corrected chi connectivity index (χ0v) is 14.1. The van der Waals surface area contributed by atoms with Crippen LogP contribution in [0.4, 0.5) is 0 Å². The fourth-order valence-corrected chi connectivity index (χ4v) is 3.13. The Morgan fingerprint density at radius 1 is 1.24 bits per heavy atom. The summed E-state index contributed by atoms with van der Waals surface area (Å²) in [5.41, 5.74) is 1.37. The van der Waals surface area contributed by atoms with E-state index in [4.69, 9.17) is 4.42 Å². The lowest BCUT2D eigenvalue weighted by atomic mass is 9.98. The quantitative estimate of drug-likeness (QED) is 0.841. The number of likely N-dealkylation sites (tertiary alicyclic amines) is 1. The van der Waals surface area contributed by atoms with E-state index in [9.17, 15) is 14.7 Å². The number of methoxy groups -OCH3 is 1. The molecule has 0 aliphatic carbocycles. The Kier molecular flexibility index (Phi) is 5.19. The van der Waals surface area contributed by atoms with Crippen molar-refractivity contribution < 1.29 is 23.8 Å². The number of carboxylic acids is 1. The van der Waals surface area contributed by atoms with Crippen molar-refractivity contribution in [2.24, 2.45) is 5.92 Å². The lowest BCUT2D eigenvalue weighted by molar-refractivity contribution is -0.143. The Bertz CT molecular complexity index is 749. The number of furan rings is 1. The van der Waals surface area contributed by atoms with Gasteiger partial charge in [-0.2, -0.15) is 0 Å². The van der Waals surface area contributed by atoms with E-state index in [2.05, 4.69) is 9.64 Å². The number of carbonyl (C=O) groups is 2. The van der Waals surface area contributed by atoms with Crippen molar-refractivity contribution in [2.45, 2.75) is 19.4 Å². The number of carboxylic acid groups (broad SMARTS) is 1. The number of ether oxygens (including phenoxy) is 1. The molecule has 1 N–H and O–H groups in total. The van der Waals surface area contributed by atoms with Gasteiger partial charge in [0.1, 0.15) is 11.5 Å². The van der Waals surface area contributed by atoms with Gasteiger partial charge in [0.05, 0.1) is 25.1 Å². The molecule has 1 atom stereocenters. The largest absolute Gasteiger partial charge is 0.481 e. The van der Waals surface area contributed by atoms with Crippen LogP contribution in [0.2, 0.25) is 0 Å². The molecule has 0 saturated carbocycles. The predicted octanol–water partition coefficient (Wildman–Crippen LogP) is 3.03. The summed E-state index contributed by atoms with van der Waals surface area (Å²) in [7, 11) is 1.35. The number of aliphatic carboxylic acids is 1. The molecule has 25 heavy (non-hydrogen) atoms. The molecule has 3 rings (SSSR count). The minimum absolute atomic E-state index is 0.297. The predicted molar refractivity (Wildman–Crippen MR) is 91.1 cm³/mol. The normalized spacial score (nSPS) is 18.0. The van der Waals surface area contributed by atoms with Gasteiger partial charge >= 0.3 is 11.9 Å². The topological polar surface area (TPSA) is 80.0 Å². The summed E-state index contributed by atoms with van der Waals surface area (Å²) >= 11 is 0. The second kappa shape index (κ2) is 7.53. The fourth-order valence-electron chi connectivity index (χ4n) is 3.13. The lowest BCUT2D eigenvalue weighted by Gasteiger charge is -2.29. The number of nitrogens with zero attached hydrogens (tertiary/aromatic N) is 1. The minimum Gasteiger partial charge on any atom is -0.481 e. The van der Waals surface area contributed by atoms with Crippen molar-refractivity contribution in [3.8, 4) is 11.3 Å². The molecular weight excluding hydrogens is 322 g/mol. The molecule has 1 aliphatic rings. The van der Waals surface area contributed by atoms with Gasteiger partial charge in [-0.15, -0.1) is 0 Å². The van der Waals surface area contributed by atoms with Gasteiger partial charge in [0, 0.05) is 12.1 Å². The summed E-state index contributed by atoms with van der Waals surface area (Å²) in [5.74, 6) is 0.130. The maximum atomic E-state index is 11.5. The molecular formula is C19H21NO5. The van der Waals surface area contributed by atoms with Crippen LogP contribution in [0.1, 0.15) is 29.0 Å². The van der Waals surface area contributed by atoms with Gasteiger partial charge in [-0.25, -0.2) is 4.79 Å². The molecule has 1 aromatic heterocycles. The SMILES string of the molecule is COC(=O)c1ccc(-c2ccc(CN3CCCC(C(=O)O)C3)o2)cc1. The molecule has 1 aromatic carbocycles. The van der Waals surface area contributed by atoms with E-state index in [0.717, 1.165) is 36.5 Å². The Labute approximate surface area is 146 Å². The van der Waals surface area contributed by atoms with Crippen LogP contribution in [0.3, 0.4) is 0 Å². The molecule has 132 valence electrons. The third kappa shape index (κ3) is 4.09. The zero-order chi connectivity index (χ0) is 17.8. The maximum absolute atomic E-state index is 11.5. The maximum Gasteiger partial charge on any atom is 0.337 e. The second-order valence-electron chi connectivity index (χ2n) is 6.25. The van der Waals surface area contributed by atoms with Gasteiger partial charge < -0.3 is 14.3 Å². The first-order valence-corrected chi connectivity index (χ1v) is 8.29. The van der Waals surface area contributed by atoms with E-state index >= 15 is 0 Å². The Balaban J connectivity index is 1.66. The van der Waals surface area contributed by atoms with E-state index in [-0.39, 0.29) is 11.9 Å². The average Bonchev–Trinajstić information content (AvgIpc) is 3.10. The Morgan fingerprint density at radius 2 is 2.00 bits per heavy atom. The van der Waals surface area contributed by atoms with E-state index in [1.807, 2.05) is 24.3 Å². The van der Waals surface area contributed by atoms with Gasteiger partial charge in [0.25, 0.3) is 0 Å². The lowest BCUT2D eigenvalue weighted by Crippen LogP contribution is -2.38. The summed E-state index contributed by atoms with van der Waals surface area (Å²) in [5, 5.41) is 9.17. The van der Waals surface area contributed by atoms with E-state index in [0.29, 0.717) is 18.7 Å². The van der Waals surface area contributed by atoms with E-state index in [1.54, 1.807) is 12.1 Å². The van der Waals surface area contributed by atoms with Crippen LogP contribution in [0.25, 0.3) is 11.3 Å². The smallest absolute Gasteiger partial charge is 0.337 e. The van der Waals surface area contributed by atoms with Crippen LogP contribution in [-0.2, 0) is 16.1 Å². The third-order valence-electron chi connectivity index (χ3n) is 4.49. The Hall–Kier alpha value is -2.60. The highest BCUT2D eigenvalue weighted by molar-refractivity contribution is 5.89. The van der Waals surface area contributed by atoms with Gasteiger partial charge in [0.2, 0.25) is 0 Å². The molecule has 6 heteroatoms. The summed E-state index contributed by atoms with van der Waals surface area (Å²) in [6.07, 6.45) is 1.63. The second-order valence-corrected chi connectivity index (χ2v) is 6.25. The molecule has 0 spiro atoms. The first kappa shape index (κ1) is 17.2. The van der Waals surface area contributed by atoms with Crippen LogP contribution < -0.4 is 0 Å². The summed E-state index contributed by atoms with van der Waals surface area (Å²) in [4.78, 5) is 24.7. The number of hydrogen-bond donors (Lipinski definition) is 1. The molecule has 0 radical (unpaired) electrons. The van der Waals surface area contributed by atoms with E-state index < -0.39 is 5.97 Å². The zero-order valence-electron chi connectivity index (χ0n) is 14.1. The van der Waals surface area contributed by atoms with Crippen molar-refractivity contribution in [1.29, 1.82) is 0 Å². The number of rotatable bonds is 5. The monoisotopic (exact) mass is 343 g/mol. The van der Waals surface area contributed by atoms with Crippen LogP contribution in [0, 0.1) is 5.92 Å². The Morgan fingerprint density at radius 3 is 2.68 bits per heavy atom. The first-order valence-electron chi connectivity index (χ1n) is 8.29. The molecule has 1 aliphatic heterocycles. The van der Waals surface area contributed by atoms with Gasteiger partial charge in [-0.3, -0.25) is 9.69 Å².